The normalized spacial score (nSPS) is 12.1. The number of hydrogen-bond acceptors (Lipinski definition) is 5. The molecule has 0 bridgehead atoms. The zero-order chi connectivity index (χ0) is 15.4. The van der Waals surface area contributed by atoms with Gasteiger partial charge in [0.1, 0.15) is 6.61 Å². The number of carbonyl (C=O) groups excluding carboxylic acids is 3. The van der Waals surface area contributed by atoms with E-state index < -0.39 is 12.1 Å². The molecular weight excluding hydrogens is 262 g/mol. The zero-order valence-corrected chi connectivity index (χ0v) is 12.3. The van der Waals surface area contributed by atoms with Gasteiger partial charge in [0.15, 0.2) is 11.9 Å². The van der Waals surface area contributed by atoms with Crippen LogP contribution < -0.4 is 0 Å². The van der Waals surface area contributed by atoms with Gasteiger partial charge in [0.25, 0.3) is 0 Å². The first-order chi connectivity index (χ1) is 9.29. The molecule has 0 saturated heterocycles. The molecule has 6 heteroatoms. The number of aryl methyl sites for hydroxylation is 1. The molecule has 0 spiro atoms. The number of carbonyl (C=O) groups is 3. The number of ether oxygens (including phenoxy) is 2. The molecule has 1 rings (SSSR count). The lowest BCUT2D eigenvalue weighted by Crippen LogP contribution is -2.27. The number of ketones is 2. The number of H-pyrrole nitrogens is 1. The fourth-order valence-electron chi connectivity index (χ4n) is 2.13. The summed E-state index contributed by atoms with van der Waals surface area (Å²) < 4.78 is 9.58. The maximum atomic E-state index is 12.2. The number of nitrogens with one attached hydrogen (secondary N) is 1. The molecule has 110 valence electrons. The molecular formula is C14H19NO5. The van der Waals surface area contributed by atoms with E-state index in [0.29, 0.717) is 22.5 Å². The van der Waals surface area contributed by atoms with Crippen molar-refractivity contribution in [1.29, 1.82) is 0 Å². The summed E-state index contributed by atoms with van der Waals surface area (Å²) in [6, 6.07) is 0. The minimum absolute atomic E-state index is 0.112. The van der Waals surface area contributed by atoms with Gasteiger partial charge >= 0.3 is 5.97 Å². The van der Waals surface area contributed by atoms with Crippen molar-refractivity contribution in [1.82, 2.24) is 4.98 Å². The summed E-state index contributed by atoms with van der Waals surface area (Å²) in [7, 11) is 1.37. The first-order valence-corrected chi connectivity index (χ1v) is 6.22. The molecule has 1 atom stereocenters. The Labute approximate surface area is 117 Å². The van der Waals surface area contributed by atoms with Crippen LogP contribution in [0.5, 0.6) is 0 Å². The van der Waals surface area contributed by atoms with Crippen LogP contribution in [0.15, 0.2) is 0 Å². The number of esters is 1. The summed E-state index contributed by atoms with van der Waals surface area (Å²) in [6.07, 6.45) is -0.936. The van der Waals surface area contributed by atoms with Crippen LogP contribution in [-0.4, -0.2) is 42.3 Å². The van der Waals surface area contributed by atoms with Crippen molar-refractivity contribution in [2.24, 2.45) is 0 Å². The van der Waals surface area contributed by atoms with Crippen LogP contribution in [-0.2, 0) is 14.3 Å². The van der Waals surface area contributed by atoms with Crippen molar-refractivity contribution in [2.75, 3.05) is 13.7 Å². The van der Waals surface area contributed by atoms with Gasteiger partial charge in [0, 0.05) is 18.4 Å². The van der Waals surface area contributed by atoms with Gasteiger partial charge in [-0.1, -0.05) is 0 Å². The highest BCUT2D eigenvalue weighted by atomic mass is 16.6. The summed E-state index contributed by atoms with van der Waals surface area (Å²) in [5.41, 5.74) is 2.01. The molecule has 0 amide bonds. The Morgan fingerprint density at radius 1 is 1.25 bits per heavy atom. The van der Waals surface area contributed by atoms with Gasteiger partial charge in [0.2, 0.25) is 5.78 Å². The molecule has 0 unspecified atom stereocenters. The minimum Gasteiger partial charge on any atom is -0.452 e. The van der Waals surface area contributed by atoms with E-state index >= 15 is 0 Å². The van der Waals surface area contributed by atoms with Crippen LogP contribution in [0, 0.1) is 13.8 Å². The topological polar surface area (TPSA) is 85.5 Å². The number of Topliss-reactive ketones (excluding diaryl/α,β-unsaturated/α-hetero) is 2. The van der Waals surface area contributed by atoms with Crippen LogP contribution in [0.2, 0.25) is 0 Å². The Balaban J connectivity index is 2.95. The third kappa shape index (κ3) is 3.33. The maximum absolute atomic E-state index is 12.2. The molecule has 1 aromatic heterocycles. The molecule has 0 radical (unpaired) electrons. The van der Waals surface area contributed by atoms with E-state index in [4.69, 9.17) is 4.74 Å². The summed E-state index contributed by atoms with van der Waals surface area (Å²) >= 11 is 0. The van der Waals surface area contributed by atoms with Crippen molar-refractivity contribution in [3.8, 4) is 0 Å². The molecule has 1 N–H and O–H groups in total. The quantitative estimate of drug-likeness (QED) is 0.632. The van der Waals surface area contributed by atoms with Crippen LogP contribution in [0.25, 0.3) is 0 Å². The number of methoxy groups -OCH3 is 1. The van der Waals surface area contributed by atoms with Crippen molar-refractivity contribution in [3.63, 3.8) is 0 Å². The highest BCUT2D eigenvalue weighted by molar-refractivity contribution is 6.05. The van der Waals surface area contributed by atoms with E-state index in [9.17, 15) is 14.4 Å². The second-order valence-corrected chi connectivity index (χ2v) is 4.61. The van der Waals surface area contributed by atoms with E-state index in [-0.39, 0.29) is 18.2 Å². The molecule has 20 heavy (non-hydrogen) atoms. The van der Waals surface area contributed by atoms with Crippen molar-refractivity contribution < 1.29 is 23.9 Å². The highest BCUT2D eigenvalue weighted by Gasteiger charge is 2.25. The fraction of sp³-hybridized carbons (Fsp3) is 0.500. The molecule has 0 saturated carbocycles. The lowest BCUT2D eigenvalue weighted by atomic mass is 10.0. The van der Waals surface area contributed by atoms with E-state index in [1.165, 1.54) is 21.0 Å². The van der Waals surface area contributed by atoms with E-state index in [0.717, 1.165) is 0 Å². The Morgan fingerprint density at radius 3 is 2.30 bits per heavy atom. The fourth-order valence-corrected chi connectivity index (χ4v) is 2.13. The summed E-state index contributed by atoms with van der Waals surface area (Å²) in [5.74, 6) is -1.09. The van der Waals surface area contributed by atoms with Gasteiger partial charge in [-0.3, -0.25) is 9.59 Å². The van der Waals surface area contributed by atoms with Crippen molar-refractivity contribution in [3.05, 3.63) is 22.5 Å². The Hall–Kier alpha value is -1.95. The molecule has 6 nitrogen and oxygen atoms in total. The number of hydrogen-bond donors (Lipinski definition) is 1. The second-order valence-electron chi connectivity index (χ2n) is 4.61. The van der Waals surface area contributed by atoms with Gasteiger partial charge in [-0.2, -0.15) is 0 Å². The first kappa shape index (κ1) is 16.1. The summed E-state index contributed by atoms with van der Waals surface area (Å²) in [5, 5.41) is 0. The standard InChI is InChI=1S/C14H19NO5/c1-7-12(9(3)16)8(2)15-13(7)14(18)10(4)20-11(17)6-19-5/h10,15H,6H2,1-5H3/t10-/m0/s1. The van der Waals surface area contributed by atoms with Gasteiger partial charge < -0.3 is 14.5 Å². The zero-order valence-electron chi connectivity index (χ0n) is 12.3. The highest BCUT2D eigenvalue weighted by Crippen LogP contribution is 2.20. The Kier molecular flexibility index (Phi) is 5.21. The van der Waals surface area contributed by atoms with Crippen LogP contribution in [0.4, 0.5) is 0 Å². The summed E-state index contributed by atoms with van der Waals surface area (Å²) in [6.45, 7) is 6.14. The van der Waals surface area contributed by atoms with E-state index in [1.807, 2.05) is 0 Å². The predicted molar refractivity (Wildman–Crippen MR) is 72.0 cm³/mol. The van der Waals surface area contributed by atoms with Crippen LogP contribution in [0.3, 0.4) is 0 Å². The van der Waals surface area contributed by atoms with Crippen molar-refractivity contribution in [2.45, 2.75) is 33.8 Å². The summed E-state index contributed by atoms with van der Waals surface area (Å²) in [4.78, 5) is 37.9. The lowest BCUT2D eigenvalue weighted by Gasteiger charge is -2.11. The number of aromatic nitrogens is 1. The molecule has 0 aliphatic carbocycles. The van der Waals surface area contributed by atoms with Gasteiger partial charge in [-0.05, 0) is 33.3 Å². The maximum Gasteiger partial charge on any atom is 0.332 e. The Bertz CT molecular complexity index is 544. The minimum atomic E-state index is -0.936. The number of aromatic amines is 1. The van der Waals surface area contributed by atoms with Crippen LogP contribution >= 0.6 is 0 Å². The van der Waals surface area contributed by atoms with Crippen LogP contribution in [0.1, 0.15) is 46.0 Å². The molecule has 0 fully saturated rings. The molecule has 0 aromatic carbocycles. The van der Waals surface area contributed by atoms with Gasteiger partial charge in [0.05, 0.1) is 5.69 Å². The van der Waals surface area contributed by atoms with Gasteiger partial charge in [-0.25, -0.2) is 4.79 Å². The third-order valence-corrected chi connectivity index (χ3v) is 2.98. The van der Waals surface area contributed by atoms with Gasteiger partial charge in [-0.15, -0.1) is 0 Å². The average molecular weight is 281 g/mol. The third-order valence-electron chi connectivity index (χ3n) is 2.98. The SMILES string of the molecule is COCC(=O)O[C@@H](C)C(=O)c1[nH]c(C)c(C(C)=O)c1C. The largest absolute Gasteiger partial charge is 0.452 e. The molecule has 1 heterocycles. The average Bonchev–Trinajstić information content (AvgIpc) is 2.63. The van der Waals surface area contributed by atoms with E-state index in [1.54, 1.807) is 13.8 Å². The monoisotopic (exact) mass is 281 g/mol. The number of rotatable bonds is 6. The predicted octanol–water partition coefficient (Wildman–Crippen LogP) is 1.59. The second kappa shape index (κ2) is 6.47. The van der Waals surface area contributed by atoms with E-state index in [2.05, 4.69) is 9.72 Å². The molecule has 0 aliphatic heterocycles. The lowest BCUT2D eigenvalue weighted by molar-refractivity contribution is -0.150. The molecule has 0 aliphatic rings. The first-order valence-electron chi connectivity index (χ1n) is 6.22. The van der Waals surface area contributed by atoms with Crippen molar-refractivity contribution >= 4 is 17.5 Å². The molecule has 1 aromatic rings. The smallest absolute Gasteiger partial charge is 0.332 e. The Morgan fingerprint density at radius 2 is 1.85 bits per heavy atom.